The topological polar surface area (TPSA) is 147 Å². The van der Waals surface area contributed by atoms with E-state index in [1.165, 1.54) is 49.7 Å². The van der Waals surface area contributed by atoms with Gasteiger partial charge in [0.2, 0.25) is 0 Å². The van der Waals surface area contributed by atoms with Gasteiger partial charge in [-0.25, -0.2) is 14.7 Å². The molecule has 1 unspecified atom stereocenters. The van der Waals surface area contributed by atoms with Crippen LogP contribution in [0.25, 0.3) is 0 Å². The van der Waals surface area contributed by atoms with Crippen molar-refractivity contribution >= 4 is 22.1 Å². The second kappa shape index (κ2) is 13.9. The number of methoxy groups -OCH3 is 1. The minimum Gasteiger partial charge on any atom is -0.496 e. The van der Waals surface area contributed by atoms with Crippen LogP contribution in [0.15, 0.2) is 60.8 Å². The number of rotatable bonds is 15. The van der Waals surface area contributed by atoms with Crippen molar-refractivity contribution in [2.24, 2.45) is 5.92 Å². The van der Waals surface area contributed by atoms with Gasteiger partial charge in [0.1, 0.15) is 22.6 Å². The van der Waals surface area contributed by atoms with Gasteiger partial charge in [-0.1, -0.05) is 18.2 Å². The number of hydroxylamine groups is 2. The van der Waals surface area contributed by atoms with Gasteiger partial charge in [-0.3, -0.25) is 5.21 Å². The van der Waals surface area contributed by atoms with E-state index in [0.717, 1.165) is 24.2 Å². The van der Waals surface area contributed by atoms with Crippen LogP contribution in [0.3, 0.4) is 0 Å². The Morgan fingerprint density at radius 1 is 1.07 bits per heavy atom. The molecule has 1 heterocycles. The van der Waals surface area contributed by atoms with E-state index in [1.807, 2.05) is 0 Å². The number of ether oxygens (including phenoxy) is 5. The lowest BCUT2D eigenvalue weighted by molar-refractivity contribution is -0.152. The molecule has 4 rings (SSSR count). The number of esters is 2. The molecule has 12 nitrogen and oxygen atoms in total. The van der Waals surface area contributed by atoms with E-state index < -0.39 is 40.8 Å². The van der Waals surface area contributed by atoms with Gasteiger partial charge in [0.25, 0.3) is 0 Å². The zero-order valence-corrected chi connectivity index (χ0v) is 24.6. The van der Waals surface area contributed by atoms with Gasteiger partial charge < -0.3 is 27.9 Å². The molecule has 1 aliphatic heterocycles. The summed E-state index contributed by atoms with van der Waals surface area (Å²) >= 11 is 0. The maximum atomic E-state index is 13.0. The fourth-order valence-corrected chi connectivity index (χ4v) is 4.79. The van der Waals surface area contributed by atoms with Crippen LogP contribution >= 0.6 is 0 Å². The number of nitrogens with zero attached hydrogens (tertiary/aromatic N) is 1. The molecular weight excluding hydrogens is 608 g/mol. The third-order valence-corrected chi connectivity index (χ3v) is 7.15. The lowest BCUT2D eigenvalue weighted by Gasteiger charge is -2.39. The normalized spacial score (nSPS) is 17.7. The van der Waals surface area contributed by atoms with Gasteiger partial charge in [0.05, 0.1) is 26.6 Å². The number of hydrogen-bond donors (Lipinski definition) is 1. The predicted octanol–water partition coefficient (Wildman–Crippen LogP) is 4.18. The van der Waals surface area contributed by atoms with Gasteiger partial charge in [-0.2, -0.15) is 17.2 Å². The molecule has 1 saturated carbocycles. The molecule has 1 fully saturated rings. The highest BCUT2D eigenvalue weighted by Crippen LogP contribution is 2.41. The molecule has 0 bridgehead atoms. The van der Waals surface area contributed by atoms with Crippen molar-refractivity contribution in [3.8, 4) is 23.0 Å². The Labute approximate surface area is 252 Å². The molecule has 2 aromatic rings. The summed E-state index contributed by atoms with van der Waals surface area (Å²) in [5, 5.41) is 11.7. The van der Waals surface area contributed by atoms with Crippen molar-refractivity contribution in [3.05, 3.63) is 72.0 Å². The minimum atomic E-state index is -3.81. The highest BCUT2D eigenvalue weighted by Gasteiger charge is 2.37. The van der Waals surface area contributed by atoms with E-state index in [1.54, 1.807) is 18.2 Å². The lowest BCUT2D eigenvalue weighted by Crippen LogP contribution is -2.42. The molecule has 0 radical (unpaired) electrons. The Morgan fingerprint density at radius 3 is 2.50 bits per heavy atom. The average molecular weight is 640 g/mol. The van der Waals surface area contributed by atoms with Gasteiger partial charge in [-0.15, -0.1) is 0 Å². The molecular formula is C29H31F2NO11S. The third-order valence-electron chi connectivity index (χ3n) is 6.66. The molecule has 2 aromatic carbocycles. The number of hydrogen-bond acceptors (Lipinski definition) is 12. The standard InChI is InChI=1S/C29H31F2NO11S/c1-38-24-16-21(43-44(2,36)37)8-9-22(24)27(34)41-18-26(33)39-14-12-29(11-3-4-13-32(29)35)20-7-10-23(42-28(30)31)25(15-20)40-17-19-5-6-19/h3-4,7-11,13,15-16,19,28,35H,5-6,12,14,17-18H2,1-2H3. The molecule has 1 aliphatic carbocycles. The smallest absolute Gasteiger partial charge is 0.387 e. The average Bonchev–Trinajstić information content (AvgIpc) is 3.80. The third kappa shape index (κ3) is 8.60. The van der Waals surface area contributed by atoms with Crippen LogP contribution in [0.1, 0.15) is 35.2 Å². The molecule has 238 valence electrons. The molecule has 15 heteroatoms. The van der Waals surface area contributed by atoms with E-state index in [-0.39, 0.29) is 41.6 Å². The SMILES string of the molecule is COc1cc(OS(C)(=O)=O)ccc1C(=O)OCC(=O)OCCC1(c2ccc(OC(F)F)c(OCC3CC3)c2)C=CC=CN1O. The summed E-state index contributed by atoms with van der Waals surface area (Å²) < 4.78 is 79.3. The van der Waals surface area contributed by atoms with E-state index in [9.17, 15) is 32.0 Å². The van der Waals surface area contributed by atoms with Crippen molar-refractivity contribution in [2.45, 2.75) is 31.4 Å². The Kier molecular flexibility index (Phi) is 10.3. The van der Waals surface area contributed by atoms with Crippen molar-refractivity contribution in [1.82, 2.24) is 5.06 Å². The van der Waals surface area contributed by atoms with Gasteiger partial charge in [0, 0.05) is 18.7 Å². The lowest BCUT2D eigenvalue weighted by atomic mass is 9.84. The fraction of sp³-hybridized carbons (Fsp3) is 0.379. The first-order valence-electron chi connectivity index (χ1n) is 13.4. The van der Waals surface area contributed by atoms with Gasteiger partial charge in [-0.05, 0) is 54.7 Å². The maximum Gasteiger partial charge on any atom is 0.387 e. The number of carbonyl (C=O) groups is 2. The van der Waals surface area contributed by atoms with Gasteiger partial charge in [0.15, 0.2) is 18.1 Å². The first kappa shape index (κ1) is 32.5. The fourth-order valence-electron chi connectivity index (χ4n) is 4.33. The number of allylic oxidation sites excluding steroid dienone is 2. The molecule has 0 aromatic heterocycles. The molecule has 1 N–H and O–H groups in total. The summed E-state index contributed by atoms with van der Waals surface area (Å²) in [4.78, 5) is 25.0. The minimum absolute atomic E-state index is 0.0107. The number of carbonyl (C=O) groups excluding carboxylic acids is 2. The largest absolute Gasteiger partial charge is 0.496 e. The highest BCUT2D eigenvalue weighted by atomic mass is 32.2. The summed E-state index contributed by atoms with van der Waals surface area (Å²) in [7, 11) is -2.56. The highest BCUT2D eigenvalue weighted by molar-refractivity contribution is 7.86. The number of alkyl halides is 2. The monoisotopic (exact) mass is 639 g/mol. The van der Waals surface area contributed by atoms with Crippen molar-refractivity contribution in [3.63, 3.8) is 0 Å². The Balaban J connectivity index is 1.40. The maximum absolute atomic E-state index is 13.0. The summed E-state index contributed by atoms with van der Waals surface area (Å²) in [5.41, 5.74) is -0.907. The van der Waals surface area contributed by atoms with E-state index in [4.69, 9.17) is 23.1 Å². The van der Waals surface area contributed by atoms with Crippen LogP contribution in [0.4, 0.5) is 8.78 Å². The predicted molar refractivity (Wildman–Crippen MR) is 149 cm³/mol. The van der Waals surface area contributed by atoms with Gasteiger partial charge >= 0.3 is 28.7 Å². The molecule has 1 atom stereocenters. The molecule has 0 saturated heterocycles. The molecule has 2 aliphatic rings. The Morgan fingerprint density at radius 2 is 1.84 bits per heavy atom. The first-order chi connectivity index (χ1) is 20.9. The van der Waals surface area contributed by atoms with Crippen LogP contribution in [-0.4, -0.2) is 70.4 Å². The quantitative estimate of drug-likeness (QED) is 0.220. The van der Waals surface area contributed by atoms with Crippen LogP contribution in [0.5, 0.6) is 23.0 Å². The summed E-state index contributed by atoms with van der Waals surface area (Å²) in [6, 6.07) is 7.94. The Bertz CT molecular complexity index is 1530. The van der Waals surface area contributed by atoms with Crippen molar-refractivity contribution < 1.29 is 59.9 Å². The summed E-state index contributed by atoms with van der Waals surface area (Å²) in [5.74, 6) is -1.69. The number of halogens is 2. The second-order valence-corrected chi connectivity index (χ2v) is 11.5. The summed E-state index contributed by atoms with van der Waals surface area (Å²) in [6.45, 7) is -3.73. The van der Waals surface area contributed by atoms with E-state index >= 15 is 0 Å². The van der Waals surface area contributed by atoms with E-state index in [0.29, 0.717) is 18.1 Å². The Hall–Kier alpha value is -4.37. The van der Waals surface area contributed by atoms with Crippen LogP contribution in [-0.2, 0) is 29.9 Å². The first-order valence-corrected chi connectivity index (χ1v) is 15.2. The zero-order valence-electron chi connectivity index (χ0n) is 23.8. The zero-order chi connectivity index (χ0) is 31.9. The van der Waals surface area contributed by atoms with Crippen molar-refractivity contribution in [2.75, 3.05) is 33.2 Å². The molecule has 0 spiro atoms. The summed E-state index contributed by atoms with van der Waals surface area (Å²) in [6.07, 6.45) is 9.12. The second-order valence-electron chi connectivity index (χ2n) is 9.96. The van der Waals surface area contributed by atoms with Crippen LogP contribution in [0, 0.1) is 5.92 Å². The molecule has 44 heavy (non-hydrogen) atoms. The van der Waals surface area contributed by atoms with Crippen molar-refractivity contribution in [1.29, 1.82) is 0 Å². The van der Waals surface area contributed by atoms with Crippen LogP contribution < -0.4 is 18.4 Å². The van der Waals surface area contributed by atoms with E-state index in [2.05, 4.69) is 4.74 Å². The molecule has 0 amide bonds. The number of benzene rings is 2. The van der Waals surface area contributed by atoms with Crippen LogP contribution in [0.2, 0.25) is 0 Å².